The Balaban J connectivity index is 2.72. The van der Waals surface area contributed by atoms with Gasteiger partial charge in [-0.15, -0.1) is 0 Å². The van der Waals surface area contributed by atoms with Gasteiger partial charge in [-0.2, -0.15) is 0 Å². The molecule has 1 nitrogen and oxygen atoms in total. The average Bonchev–Trinajstić information content (AvgIpc) is 2.05. The van der Waals surface area contributed by atoms with Crippen molar-refractivity contribution in [2.75, 3.05) is 0 Å². The van der Waals surface area contributed by atoms with Gasteiger partial charge in [-0.3, -0.25) is 0 Å². The summed E-state index contributed by atoms with van der Waals surface area (Å²) < 4.78 is 13.3. The Morgan fingerprint density at radius 2 is 1.93 bits per heavy atom. The van der Waals surface area contributed by atoms with Gasteiger partial charge in [0.05, 0.1) is 0 Å². The minimum absolute atomic E-state index is 0.0240. The second-order valence-corrected chi connectivity index (χ2v) is 4.70. The molecule has 14 heavy (non-hydrogen) atoms. The summed E-state index contributed by atoms with van der Waals surface area (Å²) >= 11 is 0. The quantitative estimate of drug-likeness (QED) is 0.765. The summed E-state index contributed by atoms with van der Waals surface area (Å²) in [5, 5.41) is 3.27. The van der Waals surface area contributed by atoms with E-state index >= 15 is 0 Å². The third-order valence-electron chi connectivity index (χ3n) is 2.01. The molecule has 1 aromatic carbocycles. The normalized spacial score (nSPS) is 11.8. The highest BCUT2D eigenvalue weighted by atomic mass is 19.1. The highest BCUT2D eigenvalue weighted by molar-refractivity contribution is 5.24. The molecular weight excluding hydrogens is 177 g/mol. The molecule has 0 bridgehead atoms. The van der Waals surface area contributed by atoms with E-state index in [2.05, 4.69) is 26.1 Å². The summed E-state index contributed by atoms with van der Waals surface area (Å²) in [5.41, 5.74) is 1.85. The molecule has 0 aliphatic heterocycles. The molecule has 0 aliphatic carbocycles. The molecule has 0 saturated heterocycles. The van der Waals surface area contributed by atoms with Gasteiger partial charge in [0.25, 0.3) is 0 Å². The summed E-state index contributed by atoms with van der Waals surface area (Å²) in [7, 11) is 0. The first kappa shape index (κ1) is 11.2. The molecule has 0 atom stereocenters. The van der Waals surface area contributed by atoms with Crippen LogP contribution >= 0.6 is 0 Å². The van der Waals surface area contributed by atoms with E-state index in [1.54, 1.807) is 6.07 Å². The van der Waals surface area contributed by atoms with Crippen LogP contribution < -0.4 is 5.32 Å². The van der Waals surface area contributed by atoms with E-state index in [1.165, 1.54) is 6.07 Å². The lowest BCUT2D eigenvalue weighted by Crippen LogP contribution is -2.35. The fourth-order valence-corrected chi connectivity index (χ4v) is 1.20. The van der Waals surface area contributed by atoms with Crippen molar-refractivity contribution in [1.82, 2.24) is 5.32 Å². The van der Waals surface area contributed by atoms with Crippen molar-refractivity contribution in [2.24, 2.45) is 0 Å². The van der Waals surface area contributed by atoms with E-state index in [9.17, 15) is 4.39 Å². The van der Waals surface area contributed by atoms with Gasteiger partial charge < -0.3 is 5.32 Å². The average molecular weight is 195 g/mol. The number of hydrogen-bond acceptors (Lipinski definition) is 1. The molecule has 0 spiro atoms. The smallest absolute Gasteiger partial charge is 0.127 e. The third kappa shape index (κ3) is 3.46. The molecule has 78 valence electrons. The summed E-state index contributed by atoms with van der Waals surface area (Å²) in [6.45, 7) is 8.76. The maximum atomic E-state index is 13.3. The van der Waals surface area contributed by atoms with Gasteiger partial charge in [-0.05, 0) is 33.8 Å². The molecule has 0 aromatic heterocycles. The van der Waals surface area contributed by atoms with Crippen LogP contribution in [-0.2, 0) is 6.54 Å². The van der Waals surface area contributed by atoms with Crippen LogP contribution in [0.4, 0.5) is 4.39 Å². The van der Waals surface area contributed by atoms with Crippen LogP contribution in [0.5, 0.6) is 0 Å². The number of hydrogen-bond donors (Lipinski definition) is 1. The minimum atomic E-state index is -0.132. The largest absolute Gasteiger partial charge is 0.308 e. The standard InChI is InChI=1S/C12H18FN/c1-9-5-6-11(13)10(7-9)8-14-12(2,3)4/h5-7,14H,8H2,1-4H3. The van der Waals surface area contributed by atoms with Gasteiger partial charge >= 0.3 is 0 Å². The maximum absolute atomic E-state index is 13.3. The van der Waals surface area contributed by atoms with Crippen LogP contribution in [0.3, 0.4) is 0 Å². The van der Waals surface area contributed by atoms with Gasteiger partial charge in [-0.25, -0.2) is 4.39 Å². The number of benzene rings is 1. The highest BCUT2D eigenvalue weighted by Gasteiger charge is 2.10. The number of halogens is 1. The van der Waals surface area contributed by atoms with Crippen LogP contribution in [0, 0.1) is 12.7 Å². The van der Waals surface area contributed by atoms with Gasteiger partial charge in [-0.1, -0.05) is 17.7 Å². The first-order valence-corrected chi connectivity index (χ1v) is 4.88. The predicted octanol–water partition coefficient (Wildman–Crippen LogP) is 3.02. The maximum Gasteiger partial charge on any atom is 0.127 e. The van der Waals surface area contributed by atoms with E-state index in [-0.39, 0.29) is 11.4 Å². The fourth-order valence-electron chi connectivity index (χ4n) is 1.20. The first-order valence-electron chi connectivity index (χ1n) is 4.88. The van der Waals surface area contributed by atoms with Crippen LogP contribution in [0.25, 0.3) is 0 Å². The summed E-state index contributed by atoms with van der Waals surface area (Å²) in [6, 6.07) is 5.19. The Morgan fingerprint density at radius 1 is 1.29 bits per heavy atom. The SMILES string of the molecule is Cc1ccc(F)c(CNC(C)(C)C)c1. The molecule has 0 saturated carbocycles. The Labute approximate surface area is 85.3 Å². The molecular formula is C12H18FN. The van der Waals surface area contributed by atoms with Crippen molar-refractivity contribution in [1.29, 1.82) is 0 Å². The second-order valence-electron chi connectivity index (χ2n) is 4.70. The highest BCUT2D eigenvalue weighted by Crippen LogP contribution is 2.11. The summed E-state index contributed by atoms with van der Waals surface area (Å²) in [6.07, 6.45) is 0. The predicted molar refractivity (Wildman–Crippen MR) is 57.7 cm³/mol. The minimum Gasteiger partial charge on any atom is -0.308 e. The lowest BCUT2D eigenvalue weighted by molar-refractivity contribution is 0.418. The van der Waals surface area contributed by atoms with E-state index in [4.69, 9.17) is 0 Å². The molecule has 1 rings (SSSR count). The molecule has 2 heteroatoms. The molecule has 0 amide bonds. The summed E-state index contributed by atoms with van der Waals surface area (Å²) in [4.78, 5) is 0. The Hall–Kier alpha value is -0.890. The van der Waals surface area contributed by atoms with Crippen LogP contribution in [0.2, 0.25) is 0 Å². The Morgan fingerprint density at radius 3 is 2.50 bits per heavy atom. The third-order valence-corrected chi connectivity index (χ3v) is 2.01. The van der Waals surface area contributed by atoms with Crippen molar-refractivity contribution >= 4 is 0 Å². The van der Waals surface area contributed by atoms with Crippen molar-refractivity contribution in [3.8, 4) is 0 Å². The van der Waals surface area contributed by atoms with Crippen molar-refractivity contribution < 1.29 is 4.39 Å². The Bertz CT molecular complexity index is 313. The van der Waals surface area contributed by atoms with Crippen LogP contribution in [-0.4, -0.2) is 5.54 Å². The van der Waals surface area contributed by atoms with Gasteiger partial charge in [0, 0.05) is 17.6 Å². The number of aryl methyl sites for hydroxylation is 1. The van der Waals surface area contributed by atoms with Crippen molar-refractivity contribution in [2.45, 2.75) is 39.8 Å². The van der Waals surface area contributed by atoms with Crippen LogP contribution in [0.1, 0.15) is 31.9 Å². The molecule has 0 radical (unpaired) electrons. The van der Waals surface area contributed by atoms with E-state index in [0.717, 1.165) is 11.1 Å². The fraction of sp³-hybridized carbons (Fsp3) is 0.500. The van der Waals surface area contributed by atoms with Gasteiger partial charge in [0.2, 0.25) is 0 Å². The van der Waals surface area contributed by atoms with E-state index in [0.29, 0.717) is 6.54 Å². The van der Waals surface area contributed by atoms with Gasteiger partial charge in [0.1, 0.15) is 5.82 Å². The lowest BCUT2D eigenvalue weighted by Gasteiger charge is -2.20. The first-order chi connectivity index (χ1) is 6.38. The molecule has 1 aromatic rings. The Kier molecular flexibility index (Phi) is 3.27. The van der Waals surface area contributed by atoms with Crippen molar-refractivity contribution in [3.63, 3.8) is 0 Å². The number of nitrogens with one attached hydrogen (secondary N) is 1. The summed E-state index contributed by atoms with van der Waals surface area (Å²) in [5.74, 6) is -0.132. The molecule has 0 aliphatic rings. The molecule has 1 N–H and O–H groups in total. The molecule has 0 heterocycles. The zero-order valence-corrected chi connectivity index (χ0v) is 9.32. The number of rotatable bonds is 2. The van der Waals surface area contributed by atoms with E-state index in [1.807, 2.05) is 13.0 Å². The zero-order chi connectivity index (χ0) is 10.8. The topological polar surface area (TPSA) is 12.0 Å². The second kappa shape index (κ2) is 4.09. The zero-order valence-electron chi connectivity index (χ0n) is 9.32. The molecule has 0 fully saturated rings. The van der Waals surface area contributed by atoms with Crippen molar-refractivity contribution in [3.05, 3.63) is 35.1 Å². The van der Waals surface area contributed by atoms with Crippen LogP contribution in [0.15, 0.2) is 18.2 Å². The van der Waals surface area contributed by atoms with E-state index < -0.39 is 0 Å². The molecule has 0 unspecified atom stereocenters. The lowest BCUT2D eigenvalue weighted by atomic mass is 10.1. The van der Waals surface area contributed by atoms with Gasteiger partial charge in [0.15, 0.2) is 0 Å². The monoisotopic (exact) mass is 195 g/mol.